The molecule has 1 atom stereocenters. The van der Waals surface area contributed by atoms with Crippen molar-refractivity contribution in [1.82, 2.24) is 4.90 Å². The van der Waals surface area contributed by atoms with Crippen molar-refractivity contribution in [3.05, 3.63) is 31.1 Å². The highest BCUT2D eigenvalue weighted by atomic mass is 16.3. The van der Waals surface area contributed by atoms with Crippen molar-refractivity contribution >= 4 is 0 Å². The predicted molar refractivity (Wildman–Crippen MR) is 49.6 cm³/mol. The highest BCUT2D eigenvalue weighted by Crippen LogP contribution is 2.36. The van der Waals surface area contributed by atoms with Gasteiger partial charge in [-0.2, -0.15) is 0 Å². The Morgan fingerprint density at radius 1 is 1.42 bits per heavy atom. The van der Waals surface area contributed by atoms with Gasteiger partial charge >= 0.3 is 0 Å². The van der Waals surface area contributed by atoms with Crippen LogP contribution in [0.5, 0.6) is 0 Å². The van der Waals surface area contributed by atoms with Crippen molar-refractivity contribution in [3.8, 4) is 0 Å². The fourth-order valence-electron chi connectivity index (χ4n) is 1.30. The van der Waals surface area contributed by atoms with E-state index in [-0.39, 0.29) is 6.61 Å². The highest BCUT2D eigenvalue weighted by Gasteiger charge is 2.33. The molecule has 0 amide bonds. The molecule has 12 heavy (non-hydrogen) atoms. The first-order valence-corrected chi connectivity index (χ1v) is 4.18. The lowest BCUT2D eigenvalue weighted by Gasteiger charge is -2.28. The van der Waals surface area contributed by atoms with Crippen LogP contribution >= 0.6 is 0 Å². The van der Waals surface area contributed by atoms with Gasteiger partial charge in [-0.3, -0.25) is 0 Å². The van der Waals surface area contributed by atoms with Gasteiger partial charge in [0, 0.05) is 17.9 Å². The minimum Gasteiger partial charge on any atom is -0.396 e. The third kappa shape index (κ3) is 1.99. The van der Waals surface area contributed by atoms with Gasteiger partial charge in [-0.05, 0) is 40.3 Å². The molecule has 0 spiro atoms. The minimum atomic E-state index is 0.139. The molecule has 0 aromatic rings. The summed E-state index contributed by atoms with van der Waals surface area (Å²) in [5.41, 5.74) is 0. The Kier molecular flexibility index (Phi) is 3.53. The van der Waals surface area contributed by atoms with Gasteiger partial charge in [-0.1, -0.05) is 0 Å². The van der Waals surface area contributed by atoms with E-state index in [4.69, 9.17) is 5.11 Å². The maximum absolute atomic E-state index is 9.02. The number of nitrogens with zero attached hydrogens (tertiary/aromatic N) is 1. The quantitative estimate of drug-likeness (QED) is 0.667. The average Bonchev–Trinajstić information content (AvgIpc) is 2.49. The largest absolute Gasteiger partial charge is 0.396 e. The second-order valence-corrected chi connectivity index (χ2v) is 3.30. The average molecular weight is 166 g/mol. The van der Waals surface area contributed by atoms with Crippen LogP contribution in [-0.2, 0) is 0 Å². The summed E-state index contributed by atoms with van der Waals surface area (Å²) in [6.45, 7) is 2.27. The van der Waals surface area contributed by atoms with Gasteiger partial charge in [0.05, 0.1) is 6.61 Å². The van der Waals surface area contributed by atoms with Gasteiger partial charge in [-0.15, -0.1) is 0 Å². The Hall–Kier alpha value is -0.0800. The predicted octanol–water partition coefficient (Wildman–Crippen LogP) is 0.704. The van der Waals surface area contributed by atoms with Gasteiger partial charge < -0.3 is 10.0 Å². The van der Waals surface area contributed by atoms with Crippen molar-refractivity contribution < 1.29 is 5.11 Å². The molecule has 1 N–H and O–H groups in total. The molecule has 0 saturated heterocycles. The molecule has 1 aliphatic carbocycles. The Balaban J connectivity index is 2.49. The summed E-state index contributed by atoms with van der Waals surface area (Å²) in [5, 5.41) is 9.02. The Labute approximate surface area is 75.6 Å². The Bertz CT molecular complexity index is 136. The minimum absolute atomic E-state index is 0.139. The molecule has 1 fully saturated rings. The van der Waals surface area contributed by atoms with Gasteiger partial charge in [0.25, 0.3) is 0 Å². The van der Waals surface area contributed by atoms with Crippen LogP contribution in [0.3, 0.4) is 0 Å². The molecular weight excluding hydrogens is 150 g/mol. The summed E-state index contributed by atoms with van der Waals surface area (Å²) in [7, 11) is 4.08. The van der Waals surface area contributed by atoms with Crippen LogP contribution in [0, 0.1) is 31.1 Å². The van der Waals surface area contributed by atoms with E-state index in [0.29, 0.717) is 6.04 Å². The van der Waals surface area contributed by atoms with E-state index >= 15 is 0 Å². The van der Waals surface area contributed by atoms with Crippen LogP contribution in [0.4, 0.5) is 0 Å². The van der Waals surface area contributed by atoms with Gasteiger partial charge in [-0.25, -0.2) is 0 Å². The van der Waals surface area contributed by atoms with Crippen molar-refractivity contribution in [2.24, 2.45) is 0 Å². The summed E-state index contributed by atoms with van der Waals surface area (Å²) in [4.78, 5) is 2.13. The van der Waals surface area contributed by atoms with E-state index in [9.17, 15) is 0 Å². The van der Waals surface area contributed by atoms with E-state index in [0.717, 1.165) is 5.92 Å². The van der Waals surface area contributed by atoms with E-state index in [1.807, 2.05) is 26.9 Å². The molecule has 0 unspecified atom stereocenters. The summed E-state index contributed by atoms with van der Waals surface area (Å²) in [5.74, 6) is 2.26. The third-order valence-electron chi connectivity index (χ3n) is 2.34. The molecule has 0 aromatic carbocycles. The van der Waals surface area contributed by atoms with Crippen molar-refractivity contribution in [3.63, 3.8) is 0 Å². The molecule has 2 heteroatoms. The molecule has 67 valence electrons. The molecule has 5 radical (unpaired) electrons. The molecule has 0 aliphatic heterocycles. The van der Waals surface area contributed by atoms with Crippen molar-refractivity contribution in [2.45, 2.75) is 13.0 Å². The smallest absolute Gasteiger partial charge is 0.0503 e. The molecule has 0 heterocycles. The monoisotopic (exact) mass is 166 g/mol. The highest BCUT2D eigenvalue weighted by molar-refractivity contribution is 5.46. The maximum Gasteiger partial charge on any atom is 0.0503 e. The summed E-state index contributed by atoms with van der Waals surface area (Å²) >= 11 is 0. The van der Waals surface area contributed by atoms with Crippen LogP contribution in [0.15, 0.2) is 0 Å². The molecule has 1 saturated carbocycles. The Morgan fingerprint density at radius 2 is 2.08 bits per heavy atom. The lowest BCUT2D eigenvalue weighted by Crippen LogP contribution is -2.33. The molecule has 1 rings (SSSR count). The normalized spacial score (nSPS) is 23.8. The second-order valence-electron chi connectivity index (χ2n) is 3.30. The fraction of sp³-hybridized carbons (Fsp3) is 0.500. The van der Waals surface area contributed by atoms with Gasteiger partial charge in [0.1, 0.15) is 0 Å². The van der Waals surface area contributed by atoms with Crippen LogP contribution < -0.4 is 0 Å². The maximum atomic E-state index is 9.02. The zero-order chi connectivity index (χ0) is 9.14. The van der Waals surface area contributed by atoms with Crippen molar-refractivity contribution in [1.29, 1.82) is 0 Å². The summed E-state index contributed by atoms with van der Waals surface area (Å²) < 4.78 is 0. The van der Waals surface area contributed by atoms with Crippen LogP contribution in [0.2, 0.25) is 0 Å². The van der Waals surface area contributed by atoms with E-state index in [1.54, 1.807) is 0 Å². The number of hydrogen-bond acceptors (Lipinski definition) is 2. The SMILES string of the molecule is C[C@@H]([C]1[CH][CH][CH][C]1CO)N(C)C. The molecular formula is C10H16NO. The van der Waals surface area contributed by atoms with E-state index in [1.165, 1.54) is 5.92 Å². The Morgan fingerprint density at radius 3 is 2.58 bits per heavy atom. The topological polar surface area (TPSA) is 23.5 Å². The van der Waals surface area contributed by atoms with Gasteiger partial charge in [0.15, 0.2) is 0 Å². The van der Waals surface area contributed by atoms with Crippen LogP contribution in [0.25, 0.3) is 0 Å². The lowest BCUT2D eigenvalue weighted by atomic mass is 9.90. The molecule has 1 aliphatic rings. The van der Waals surface area contributed by atoms with Crippen LogP contribution in [0.1, 0.15) is 6.92 Å². The van der Waals surface area contributed by atoms with Crippen LogP contribution in [-0.4, -0.2) is 36.8 Å². The first kappa shape index (κ1) is 10.0. The zero-order valence-electron chi connectivity index (χ0n) is 7.91. The lowest BCUT2D eigenvalue weighted by molar-refractivity contribution is 0.289. The summed E-state index contributed by atoms with van der Waals surface area (Å²) in [6.07, 6.45) is 6.02. The number of aliphatic hydroxyl groups is 1. The fourth-order valence-corrected chi connectivity index (χ4v) is 1.30. The standard InChI is InChI=1S/C10H16NO/c1-8(11(2)3)10-6-4-5-9(10)7-12/h4-6,8,12H,7H2,1-3H3/t8-/m0/s1. The molecule has 0 aromatic heterocycles. The molecule has 2 nitrogen and oxygen atoms in total. The first-order chi connectivity index (χ1) is 5.66. The third-order valence-corrected chi connectivity index (χ3v) is 2.34. The first-order valence-electron chi connectivity index (χ1n) is 4.18. The molecule has 0 bridgehead atoms. The summed E-state index contributed by atoms with van der Waals surface area (Å²) in [6, 6.07) is 0.377. The number of hydrogen-bond donors (Lipinski definition) is 1. The van der Waals surface area contributed by atoms with E-state index < -0.39 is 0 Å². The van der Waals surface area contributed by atoms with E-state index in [2.05, 4.69) is 18.2 Å². The second kappa shape index (κ2) is 4.24. The van der Waals surface area contributed by atoms with Crippen molar-refractivity contribution in [2.75, 3.05) is 20.7 Å². The van der Waals surface area contributed by atoms with Gasteiger partial charge in [0.2, 0.25) is 0 Å². The number of rotatable bonds is 3. The zero-order valence-corrected chi connectivity index (χ0v) is 7.91. The number of aliphatic hydroxyl groups excluding tert-OH is 1.